The average molecular weight is 301 g/mol. The van der Waals surface area contributed by atoms with E-state index in [4.69, 9.17) is 16.2 Å². The molecule has 0 heterocycles. The normalized spacial score (nSPS) is 12.2. The number of nitrogens with two attached hydrogens (primary N) is 2. The van der Waals surface area contributed by atoms with Gasteiger partial charge in [-0.2, -0.15) is 0 Å². The van der Waals surface area contributed by atoms with E-state index in [1.807, 2.05) is 25.1 Å². The number of primary amides is 1. The highest BCUT2D eigenvalue weighted by Gasteiger charge is 2.13. The van der Waals surface area contributed by atoms with Crippen LogP contribution < -0.4 is 16.2 Å². The molecule has 17 heavy (non-hydrogen) atoms. The van der Waals surface area contributed by atoms with Crippen molar-refractivity contribution < 1.29 is 9.53 Å². The summed E-state index contributed by atoms with van der Waals surface area (Å²) in [4.78, 5) is 10.7. The Labute approximate surface area is 109 Å². The van der Waals surface area contributed by atoms with Crippen molar-refractivity contribution in [2.45, 2.75) is 25.8 Å². The fraction of sp³-hybridized carbons (Fsp3) is 0.417. The Kier molecular flexibility index (Phi) is 5.44. The molecule has 4 N–H and O–H groups in total. The predicted octanol–water partition coefficient (Wildman–Crippen LogP) is 2.11. The maximum Gasteiger partial charge on any atom is 0.217 e. The third-order valence-corrected chi connectivity index (χ3v) is 2.87. The Balaban J connectivity index is 2.85. The average Bonchev–Trinajstić information content (AvgIpc) is 2.28. The summed E-state index contributed by atoms with van der Waals surface area (Å²) in [5, 5.41) is 0. The Hall–Kier alpha value is -1.07. The van der Waals surface area contributed by atoms with E-state index in [1.165, 1.54) is 0 Å². The molecule has 1 aromatic rings. The van der Waals surface area contributed by atoms with Crippen LogP contribution in [-0.4, -0.2) is 12.5 Å². The Morgan fingerprint density at radius 1 is 1.53 bits per heavy atom. The second-order valence-electron chi connectivity index (χ2n) is 3.73. The molecule has 0 bridgehead atoms. The molecule has 1 atom stereocenters. The van der Waals surface area contributed by atoms with Crippen LogP contribution in [0.1, 0.15) is 31.4 Å². The lowest BCUT2D eigenvalue weighted by molar-refractivity contribution is -0.118. The van der Waals surface area contributed by atoms with E-state index < -0.39 is 0 Å². The number of carbonyl (C=O) groups excluding carboxylic acids is 1. The molecule has 94 valence electrons. The predicted molar refractivity (Wildman–Crippen MR) is 70.7 cm³/mol. The highest BCUT2D eigenvalue weighted by molar-refractivity contribution is 9.10. The van der Waals surface area contributed by atoms with Gasteiger partial charge in [-0.1, -0.05) is 15.9 Å². The zero-order valence-electron chi connectivity index (χ0n) is 9.78. The maximum absolute atomic E-state index is 10.7. The van der Waals surface area contributed by atoms with E-state index in [-0.39, 0.29) is 18.4 Å². The fourth-order valence-electron chi connectivity index (χ4n) is 1.55. The van der Waals surface area contributed by atoms with Crippen molar-refractivity contribution in [1.82, 2.24) is 0 Å². The van der Waals surface area contributed by atoms with Crippen molar-refractivity contribution in [2.75, 3.05) is 6.61 Å². The molecule has 0 aliphatic carbocycles. The summed E-state index contributed by atoms with van der Waals surface area (Å²) in [7, 11) is 0. The molecule has 0 aliphatic rings. The molecule has 4 nitrogen and oxygen atoms in total. The van der Waals surface area contributed by atoms with Crippen molar-refractivity contribution in [2.24, 2.45) is 11.5 Å². The van der Waals surface area contributed by atoms with E-state index in [0.717, 1.165) is 15.8 Å². The van der Waals surface area contributed by atoms with Crippen molar-refractivity contribution in [3.8, 4) is 5.75 Å². The van der Waals surface area contributed by atoms with Crippen molar-refractivity contribution in [1.29, 1.82) is 0 Å². The van der Waals surface area contributed by atoms with Gasteiger partial charge in [0.15, 0.2) is 0 Å². The summed E-state index contributed by atoms with van der Waals surface area (Å²) in [6.45, 7) is 2.50. The van der Waals surface area contributed by atoms with Crippen LogP contribution in [0.15, 0.2) is 22.7 Å². The quantitative estimate of drug-likeness (QED) is 0.844. The minimum absolute atomic E-state index is 0.249. The van der Waals surface area contributed by atoms with Gasteiger partial charge in [-0.15, -0.1) is 0 Å². The van der Waals surface area contributed by atoms with Gasteiger partial charge >= 0.3 is 0 Å². The Morgan fingerprint density at radius 2 is 2.24 bits per heavy atom. The molecular formula is C12H17BrN2O2. The molecule has 1 amide bonds. The molecule has 1 rings (SSSR count). The van der Waals surface area contributed by atoms with Crippen LogP contribution in [0.5, 0.6) is 5.75 Å². The van der Waals surface area contributed by atoms with E-state index in [2.05, 4.69) is 15.9 Å². The van der Waals surface area contributed by atoms with Crippen LogP contribution in [0, 0.1) is 0 Å². The highest BCUT2D eigenvalue weighted by Crippen LogP contribution is 2.29. The molecule has 0 spiro atoms. The summed E-state index contributed by atoms with van der Waals surface area (Å²) in [6.07, 6.45) is 0.797. The molecule has 0 aromatic heterocycles. The number of amides is 1. The topological polar surface area (TPSA) is 78.3 Å². The largest absolute Gasteiger partial charge is 0.494 e. The van der Waals surface area contributed by atoms with Gasteiger partial charge in [-0.25, -0.2) is 0 Å². The first-order chi connectivity index (χ1) is 8.04. The lowest BCUT2D eigenvalue weighted by Gasteiger charge is -2.16. The third-order valence-electron chi connectivity index (χ3n) is 2.37. The number of ether oxygens (including phenoxy) is 1. The van der Waals surface area contributed by atoms with Gasteiger partial charge in [-0.3, -0.25) is 4.79 Å². The second kappa shape index (κ2) is 6.61. The number of hydrogen-bond donors (Lipinski definition) is 2. The fourth-order valence-corrected chi connectivity index (χ4v) is 1.93. The maximum atomic E-state index is 10.7. The summed E-state index contributed by atoms with van der Waals surface area (Å²) < 4.78 is 6.44. The van der Waals surface area contributed by atoms with Gasteiger partial charge in [0, 0.05) is 22.5 Å². The van der Waals surface area contributed by atoms with Gasteiger partial charge in [0.1, 0.15) is 5.75 Å². The molecule has 1 unspecified atom stereocenters. The van der Waals surface area contributed by atoms with Gasteiger partial charge in [0.2, 0.25) is 5.91 Å². The van der Waals surface area contributed by atoms with Crippen LogP contribution in [0.2, 0.25) is 0 Å². The van der Waals surface area contributed by atoms with Gasteiger partial charge in [-0.05, 0) is 31.5 Å². The SMILES string of the molecule is CCOc1ccc(Br)cc1C(N)CCC(N)=O. The minimum Gasteiger partial charge on any atom is -0.494 e. The molecule has 0 saturated heterocycles. The first kappa shape index (κ1) is 14.0. The van der Waals surface area contributed by atoms with E-state index in [0.29, 0.717) is 13.0 Å². The lowest BCUT2D eigenvalue weighted by atomic mass is 10.0. The molecular weight excluding hydrogens is 284 g/mol. The van der Waals surface area contributed by atoms with Crippen molar-refractivity contribution in [3.05, 3.63) is 28.2 Å². The summed E-state index contributed by atoms with van der Waals surface area (Å²) in [5.74, 6) is 0.418. The third kappa shape index (κ3) is 4.36. The Bertz CT molecular complexity index is 396. The van der Waals surface area contributed by atoms with Gasteiger partial charge in [0.25, 0.3) is 0 Å². The molecule has 0 radical (unpaired) electrons. The zero-order valence-corrected chi connectivity index (χ0v) is 11.4. The van der Waals surface area contributed by atoms with Gasteiger partial charge in [0.05, 0.1) is 6.61 Å². The van der Waals surface area contributed by atoms with Crippen LogP contribution in [-0.2, 0) is 4.79 Å². The number of rotatable bonds is 6. The van der Waals surface area contributed by atoms with Gasteiger partial charge < -0.3 is 16.2 Å². The monoisotopic (exact) mass is 300 g/mol. The van der Waals surface area contributed by atoms with Crippen LogP contribution >= 0.6 is 15.9 Å². The minimum atomic E-state index is -0.339. The standard InChI is InChI=1S/C12H17BrN2O2/c1-2-17-11-5-3-8(13)7-9(11)10(14)4-6-12(15)16/h3,5,7,10H,2,4,6,14H2,1H3,(H2,15,16). The molecule has 0 fully saturated rings. The van der Waals surface area contributed by atoms with Crippen molar-refractivity contribution in [3.63, 3.8) is 0 Å². The summed E-state index contributed by atoms with van der Waals surface area (Å²) in [5.41, 5.74) is 12.0. The van der Waals surface area contributed by atoms with Crippen LogP contribution in [0.25, 0.3) is 0 Å². The summed E-state index contributed by atoms with van der Waals surface area (Å²) >= 11 is 3.39. The molecule has 1 aromatic carbocycles. The van der Waals surface area contributed by atoms with E-state index in [1.54, 1.807) is 0 Å². The number of carbonyl (C=O) groups is 1. The highest BCUT2D eigenvalue weighted by atomic mass is 79.9. The molecule has 0 saturated carbocycles. The number of halogens is 1. The summed E-state index contributed by atoms with van der Waals surface area (Å²) in [6, 6.07) is 5.43. The molecule has 5 heteroatoms. The van der Waals surface area contributed by atoms with E-state index in [9.17, 15) is 4.79 Å². The number of hydrogen-bond acceptors (Lipinski definition) is 3. The van der Waals surface area contributed by atoms with Crippen LogP contribution in [0.4, 0.5) is 0 Å². The Morgan fingerprint density at radius 3 is 2.82 bits per heavy atom. The smallest absolute Gasteiger partial charge is 0.217 e. The van der Waals surface area contributed by atoms with Crippen LogP contribution in [0.3, 0.4) is 0 Å². The first-order valence-electron chi connectivity index (χ1n) is 5.50. The number of benzene rings is 1. The van der Waals surface area contributed by atoms with Crippen molar-refractivity contribution >= 4 is 21.8 Å². The second-order valence-corrected chi connectivity index (χ2v) is 4.64. The molecule has 0 aliphatic heterocycles. The zero-order chi connectivity index (χ0) is 12.8. The van der Waals surface area contributed by atoms with E-state index >= 15 is 0 Å². The lowest BCUT2D eigenvalue weighted by Crippen LogP contribution is -2.17. The first-order valence-corrected chi connectivity index (χ1v) is 6.30.